The van der Waals surface area contributed by atoms with Gasteiger partial charge in [-0.2, -0.15) is 0 Å². The maximum absolute atomic E-state index is 5.61. The smallest absolute Gasteiger partial charge is 0.0300 e. The lowest BCUT2D eigenvalue weighted by Gasteiger charge is -2.15. The standard InChI is InChI=1S/C15H19N3/c16-18-15(11-14-7-4-10-17-12-14)9-8-13-5-2-1-3-6-13/h1-7,10,12,15,18H,8-9,11,16H2. The molecule has 2 rings (SSSR count). The number of hydrazine groups is 1. The maximum atomic E-state index is 5.61. The van der Waals surface area contributed by atoms with Crippen molar-refractivity contribution in [3.8, 4) is 0 Å². The summed E-state index contributed by atoms with van der Waals surface area (Å²) in [6, 6.07) is 14.8. The van der Waals surface area contributed by atoms with Gasteiger partial charge >= 0.3 is 0 Å². The van der Waals surface area contributed by atoms with Crippen LogP contribution in [0.5, 0.6) is 0 Å². The molecule has 0 aliphatic heterocycles. The average molecular weight is 241 g/mol. The third-order valence-electron chi connectivity index (χ3n) is 3.06. The van der Waals surface area contributed by atoms with Crippen molar-refractivity contribution in [2.75, 3.05) is 0 Å². The molecule has 18 heavy (non-hydrogen) atoms. The van der Waals surface area contributed by atoms with E-state index in [1.807, 2.05) is 18.3 Å². The number of benzene rings is 1. The number of nitrogens with one attached hydrogen (secondary N) is 1. The SMILES string of the molecule is NNC(CCc1ccccc1)Cc1cccnc1. The van der Waals surface area contributed by atoms with Crippen molar-refractivity contribution < 1.29 is 0 Å². The predicted molar refractivity (Wildman–Crippen MR) is 73.8 cm³/mol. The first-order valence-corrected chi connectivity index (χ1v) is 6.27. The summed E-state index contributed by atoms with van der Waals surface area (Å²) in [7, 11) is 0. The van der Waals surface area contributed by atoms with Crippen molar-refractivity contribution in [2.45, 2.75) is 25.3 Å². The summed E-state index contributed by atoms with van der Waals surface area (Å²) in [6.45, 7) is 0. The molecule has 3 heteroatoms. The Morgan fingerprint density at radius 1 is 1.06 bits per heavy atom. The van der Waals surface area contributed by atoms with E-state index in [9.17, 15) is 0 Å². The zero-order valence-corrected chi connectivity index (χ0v) is 10.4. The van der Waals surface area contributed by atoms with Crippen LogP contribution in [-0.4, -0.2) is 11.0 Å². The molecule has 1 aromatic heterocycles. The summed E-state index contributed by atoms with van der Waals surface area (Å²) in [6.07, 6.45) is 6.66. The summed E-state index contributed by atoms with van der Waals surface area (Å²) in [4.78, 5) is 4.12. The van der Waals surface area contributed by atoms with Crippen LogP contribution >= 0.6 is 0 Å². The van der Waals surface area contributed by atoms with Crippen LogP contribution in [0.25, 0.3) is 0 Å². The Hall–Kier alpha value is -1.71. The Bertz CT molecular complexity index is 442. The fraction of sp³-hybridized carbons (Fsp3) is 0.267. The number of aromatic nitrogens is 1. The molecule has 3 N–H and O–H groups in total. The van der Waals surface area contributed by atoms with Crippen LogP contribution < -0.4 is 11.3 Å². The number of pyridine rings is 1. The van der Waals surface area contributed by atoms with Crippen LogP contribution in [0, 0.1) is 0 Å². The van der Waals surface area contributed by atoms with E-state index >= 15 is 0 Å². The Labute approximate surface area is 108 Å². The van der Waals surface area contributed by atoms with Crippen molar-refractivity contribution in [1.29, 1.82) is 0 Å². The zero-order valence-electron chi connectivity index (χ0n) is 10.4. The number of nitrogens with zero attached hydrogens (tertiary/aromatic N) is 1. The van der Waals surface area contributed by atoms with Gasteiger partial charge in [0.05, 0.1) is 0 Å². The van der Waals surface area contributed by atoms with Gasteiger partial charge in [-0.05, 0) is 36.5 Å². The second kappa shape index (κ2) is 6.89. The zero-order chi connectivity index (χ0) is 12.6. The quantitative estimate of drug-likeness (QED) is 0.601. The lowest BCUT2D eigenvalue weighted by atomic mass is 10.0. The first-order valence-electron chi connectivity index (χ1n) is 6.27. The Kier molecular flexibility index (Phi) is 4.88. The van der Waals surface area contributed by atoms with Gasteiger partial charge in [0.25, 0.3) is 0 Å². The Morgan fingerprint density at radius 2 is 1.83 bits per heavy atom. The minimum atomic E-state index is 0.286. The second-order valence-electron chi connectivity index (χ2n) is 4.45. The summed E-state index contributed by atoms with van der Waals surface area (Å²) in [5.74, 6) is 5.61. The van der Waals surface area contributed by atoms with E-state index in [-0.39, 0.29) is 6.04 Å². The molecule has 0 spiro atoms. The Balaban J connectivity index is 1.86. The van der Waals surface area contributed by atoms with Crippen molar-refractivity contribution in [3.05, 3.63) is 66.0 Å². The van der Waals surface area contributed by atoms with E-state index in [0.29, 0.717) is 0 Å². The molecule has 0 fully saturated rings. The highest BCUT2D eigenvalue weighted by molar-refractivity contribution is 5.15. The molecule has 0 saturated heterocycles. The monoisotopic (exact) mass is 241 g/mol. The van der Waals surface area contributed by atoms with Gasteiger partial charge in [-0.1, -0.05) is 36.4 Å². The molecule has 0 saturated carbocycles. The third kappa shape index (κ3) is 3.95. The van der Waals surface area contributed by atoms with Crippen LogP contribution in [-0.2, 0) is 12.8 Å². The molecule has 1 aromatic carbocycles. The highest BCUT2D eigenvalue weighted by Gasteiger charge is 2.07. The van der Waals surface area contributed by atoms with E-state index in [2.05, 4.69) is 40.7 Å². The van der Waals surface area contributed by atoms with Crippen molar-refractivity contribution in [2.24, 2.45) is 5.84 Å². The first-order chi connectivity index (χ1) is 8.88. The number of nitrogens with two attached hydrogens (primary N) is 1. The lowest BCUT2D eigenvalue weighted by molar-refractivity contribution is 0.491. The van der Waals surface area contributed by atoms with Crippen molar-refractivity contribution in [1.82, 2.24) is 10.4 Å². The lowest BCUT2D eigenvalue weighted by Crippen LogP contribution is -2.37. The van der Waals surface area contributed by atoms with Gasteiger partial charge in [0.15, 0.2) is 0 Å². The summed E-state index contributed by atoms with van der Waals surface area (Å²) in [5, 5.41) is 0. The van der Waals surface area contributed by atoms with Gasteiger partial charge in [-0.15, -0.1) is 0 Å². The van der Waals surface area contributed by atoms with E-state index < -0.39 is 0 Å². The molecule has 0 radical (unpaired) electrons. The molecule has 3 nitrogen and oxygen atoms in total. The molecule has 1 atom stereocenters. The number of aryl methyl sites for hydroxylation is 1. The molecule has 0 amide bonds. The summed E-state index contributed by atoms with van der Waals surface area (Å²) >= 11 is 0. The number of rotatable bonds is 6. The molecule has 0 aliphatic rings. The summed E-state index contributed by atoms with van der Waals surface area (Å²) < 4.78 is 0. The second-order valence-corrected chi connectivity index (χ2v) is 4.45. The molecule has 94 valence electrons. The van der Waals surface area contributed by atoms with Crippen LogP contribution in [0.15, 0.2) is 54.9 Å². The van der Waals surface area contributed by atoms with Gasteiger partial charge in [-0.25, -0.2) is 0 Å². The number of hydrogen-bond acceptors (Lipinski definition) is 3. The predicted octanol–water partition coefficient (Wildman–Crippen LogP) is 2.09. The first kappa shape index (κ1) is 12.7. The van der Waals surface area contributed by atoms with Gasteiger partial charge in [0, 0.05) is 18.4 Å². The highest BCUT2D eigenvalue weighted by Crippen LogP contribution is 2.08. The fourth-order valence-electron chi connectivity index (χ4n) is 2.03. The largest absolute Gasteiger partial charge is 0.271 e. The van der Waals surface area contributed by atoms with Crippen LogP contribution in [0.3, 0.4) is 0 Å². The fourth-order valence-corrected chi connectivity index (χ4v) is 2.03. The summed E-state index contributed by atoms with van der Waals surface area (Å²) in [5.41, 5.74) is 5.46. The molecule has 0 bridgehead atoms. The minimum Gasteiger partial charge on any atom is -0.271 e. The van der Waals surface area contributed by atoms with Gasteiger partial charge < -0.3 is 0 Å². The van der Waals surface area contributed by atoms with Crippen molar-refractivity contribution >= 4 is 0 Å². The number of hydrogen-bond donors (Lipinski definition) is 2. The topological polar surface area (TPSA) is 50.9 Å². The highest BCUT2D eigenvalue weighted by atomic mass is 15.2. The molecule has 0 aliphatic carbocycles. The minimum absolute atomic E-state index is 0.286. The van der Waals surface area contributed by atoms with Gasteiger partial charge in [-0.3, -0.25) is 16.3 Å². The van der Waals surface area contributed by atoms with Crippen LogP contribution in [0.2, 0.25) is 0 Å². The van der Waals surface area contributed by atoms with E-state index in [0.717, 1.165) is 19.3 Å². The maximum Gasteiger partial charge on any atom is 0.0300 e. The van der Waals surface area contributed by atoms with E-state index in [4.69, 9.17) is 5.84 Å². The average Bonchev–Trinajstić information content (AvgIpc) is 2.45. The third-order valence-corrected chi connectivity index (χ3v) is 3.06. The normalized spacial score (nSPS) is 12.3. The Morgan fingerprint density at radius 3 is 2.50 bits per heavy atom. The van der Waals surface area contributed by atoms with E-state index in [1.54, 1.807) is 6.20 Å². The molecule has 2 aromatic rings. The van der Waals surface area contributed by atoms with Crippen molar-refractivity contribution in [3.63, 3.8) is 0 Å². The van der Waals surface area contributed by atoms with Gasteiger partial charge in [0.1, 0.15) is 0 Å². The van der Waals surface area contributed by atoms with Gasteiger partial charge in [0.2, 0.25) is 0 Å². The molecular weight excluding hydrogens is 222 g/mol. The molecule has 1 heterocycles. The molecule has 1 unspecified atom stereocenters. The van der Waals surface area contributed by atoms with E-state index in [1.165, 1.54) is 11.1 Å². The van der Waals surface area contributed by atoms with Crippen LogP contribution in [0.1, 0.15) is 17.5 Å². The molecular formula is C15H19N3. The van der Waals surface area contributed by atoms with Crippen LogP contribution in [0.4, 0.5) is 0 Å².